The van der Waals surface area contributed by atoms with Gasteiger partial charge in [0.1, 0.15) is 11.5 Å². The van der Waals surface area contributed by atoms with Crippen molar-refractivity contribution in [2.24, 2.45) is 0 Å². The molecule has 0 bridgehead atoms. The molecule has 0 amide bonds. The van der Waals surface area contributed by atoms with E-state index in [9.17, 15) is 4.79 Å². The van der Waals surface area contributed by atoms with Gasteiger partial charge in [-0.1, -0.05) is 12.1 Å². The van der Waals surface area contributed by atoms with Crippen LogP contribution in [0, 0.1) is 0 Å². The molecule has 0 radical (unpaired) electrons. The number of rotatable bonds is 4. The first-order valence-electron chi connectivity index (χ1n) is 11.1. The number of aromatic nitrogens is 3. The minimum absolute atomic E-state index is 0.0518. The first-order valence-corrected chi connectivity index (χ1v) is 11.1. The normalized spacial score (nSPS) is 16.5. The molecule has 3 aromatic rings. The molecule has 4 heterocycles. The number of nitrogen functional groups attached to an aromatic ring is 1. The first-order chi connectivity index (χ1) is 16.0. The smallest absolute Gasteiger partial charge is 0.354 e. The van der Waals surface area contributed by atoms with Gasteiger partial charge in [-0.3, -0.25) is 0 Å². The van der Waals surface area contributed by atoms with E-state index in [4.69, 9.17) is 10.8 Å². The van der Waals surface area contributed by atoms with Crippen LogP contribution in [-0.4, -0.2) is 70.7 Å². The van der Waals surface area contributed by atoms with E-state index in [0.29, 0.717) is 0 Å². The highest BCUT2D eigenvalue weighted by Gasteiger charge is 2.20. The third-order valence-corrected chi connectivity index (χ3v) is 6.40. The molecule has 9 heteroatoms. The summed E-state index contributed by atoms with van der Waals surface area (Å²) in [7, 11) is 2.13. The number of nitrogens with two attached hydrogens (primary N) is 1. The van der Waals surface area contributed by atoms with Crippen molar-refractivity contribution < 1.29 is 9.90 Å². The van der Waals surface area contributed by atoms with Crippen LogP contribution in [-0.2, 0) is 13.0 Å². The van der Waals surface area contributed by atoms with Crippen LogP contribution in [0.1, 0.15) is 21.6 Å². The topological polar surface area (TPSA) is 112 Å². The Morgan fingerprint density at radius 1 is 0.970 bits per heavy atom. The van der Waals surface area contributed by atoms with Crippen LogP contribution in [0.15, 0.2) is 42.6 Å². The maximum absolute atomic E-state index is 11.1. The summed E-state index contributed by atoms with van der Waals surface area (Å²) in [5.41, 5.74) is 11.4. The number of aromatic carboxylic acids is 1. The molecule has 1 fully saturated rings. The monoisotopic (exact) mass is 445 g/mol. The molecule has 170 valence electrons. The number of hydrogen-bond acceptors (Lipinski definition) is 8. The molecule has 5 rings (SSSR count). The fourth-order valence-electron chi connectivity index (χ4n) is 4.43. The lowest BCUT2D eigenvalue weighted by Gasteiger charge is -2.33. The lowest BCUT2D eigenvalue weighted by atomic mass is 9.96. The highest BCUT2D eigenvalue weighted by Crippen LogP contribution is 2.29. The van der Waals surface area contributed by atoms with Crippen molar-refractivity contribution in [3.8, 4) is 11.3 Å². The Bertz CT molecular complexity index is 1170. The Morgan fingerprint density at radius 3 is 2.52 bits per heavy atom. The molecule has 1 saturated heterocycles. The minimum atomic E-state index is -1.02. The van der Waals surface area contributed by atoms with Crippen molar-refractivity contribution in [1.82, 2.24) is 19.9 Å². The molecule has 0 aliphatic carbocycles. The zero-order chi connectivity index (χ0) is 22.9. The molecular weight excluding hydrogens is 418 g/mol. The summed E-state index contributed by atoms with van der Waals surface area (Å²) >= 11 is 0. The van der Waals surface area contributed by atoms with Crippen LogP contribution >= 0.6 is 0 Å². The third-order valence-electron chi connectivity index (χ3n) is 6.40. The lowest BCUT2D eigenvalue weighted by Crippen LogP contribution is -2.44. The molecule has 0 spiro atoms. The second kappa shape index (κ2) is 8.67. The van der Waals surface area contributed by atoms with E-state index in [0.717, 1.165) is 68.5 Å². The molecule has 0 unspecified atom stereocenters. The summed E-state index contributed by atoms with van der Waals surface area (Å²) in [6.07, 6.45) is 2.54. The van der Waals surface area contributed by atoms with Crippen LogP contribution in [0.25, 0.3) is 11.3 Å². The van der Waals surface area contributed by atoms with Crippen molar-refractivity contribution in [2.45, 2.75) is 13.0 Å². The molecule has 2 aromatic heterocycles. The van der Waals surface area contributed by atoms with E-state index in [1.807, 2.05) is 12.1 Å². The number of carboxylic acid groups (broad SMARTS) is 1. The van der Waals surface area contributed by atoms with Crippen molar-refractivity contribution in [3.63, 3.8) is 0 Å². The van der Waals surface area contributed by atoms with Crippen LogP contribution in [0.4, 0.5) is 17.5 Å². The Kier molecular flexibility index (Phi) is 5.55. The quantitative estimate of drug-likeness (QED) is 0.624. The second-order valence-electron chi connectivity index (χ2n) is 8.62. The van der Waals surface area contributed by atoms with Crippen molar-refractivity contribution in [3.05, 3.63) is 59.4 Å². The van der Waals surface area contributed by atoms with E-state index < -0.39 is 5.97 Å². The summed E-state index contributed by atoms with van der Waals surface area (Å²) in [6.45, 7) is 5.41. The van der Waals surface area contributed by atoms with Gasteiger partial charge in [-0.2, -0.15) is 4.98 Å². The number of benzene rings is 1. The van der Waals surface area contributed by atoms with E-state index in [-0.39, 0.29) is 11.6 Å². The van der Waals surface area contributed by atoms with Gasteiger partial charge in [0.05, 0.1) is 17.6 Å². The summed E-state index contributed by atoms with van der Waals surface area (Å²) in [5.74, 6) is 0.134. The van der Waals surface area contributed by atoms with Gasteiger partial charge in [0, 0.05) is 50.9 Å². The summed E-state index contributed by atoms with van der Waals surface area (Å²) in [6, 6.07) is 11.8. The molecule has 2 aliphatic rings. The number of carbonyl (C=O) groups is 1. The number of fused-ring (bicyclic) bond motifs is 1. The average Bonchev–Trinajstić information content (AvgIpc) is 2.83. The van der Waals surface area contributed by atoms with Gasteiger partial charge in [0.2, 0.25) is 5.95 Å². The predicted octanol–water partition coefficient (Wildman–Crippen LogP) is 2.13. The highest BCUT2D eigenvalue weighted by molar-refractivity contribution is 5.85. The van der Waals surface area contributed by atoms with Gasteiger partial charge in [-0.05, 0) is 42.8 Å². The van der Waals surface area contributed by atoms with Gasteiger partial charge in [0.15, 0.2) is 0 Å². The van der Waals surface area contributed by atoms with Crippen LogP contribution < -0.4 is 15.5 Å². The number of anilines is 3. The van der Waals surface area contributed by atoms with Gasteiger partial charge in [0.25, 0.3) is 0 Å². The van der Waals surface area contributed by atoms with E-state index >= 15 is 0 Å². The summed E-state index contributed by atoms with van der Waals surface area (Å²) in [5, 5.41) is 9.09. The average molecular weight is 446 g/mol. The molecule has 0 atom stereocenters. The molecule has 2 aliphatic heterocycles. The number of carboxylic acids is 1. The number of hydrogen-bond donors (Lipinski definition) is 2. The predicted molar refractivity (Wildman–Crippen MR) is 128 cm³/mol. The zero-order valence-corrected chi connectivity index (χ0v) is 18.6. The molecule has 0 saturated carbocycles. The van der Waals surface area contributed by atoms with E-state index in [1.165, 1.54) is 11.1 Å². The molecule has 3 N–H and O–H groups in total. The number of likely N-dealkylation sites (N-methyl/N-ethyl adjacent to an activating group) is 1. The van der Waals surface area contributed by atoms with Crippen LogP contribution in [0.2, 0.25) is 0 Å². The molecule has 33 heavy (non-hydrogen) atoms. The maximum Gasteiger partial charge on any atom is 0.354 e. The second-order valence-corrected chi connectivity index (χ2v) is 8.62. The first kappa shape index (κ1) is 21.1. The Labute approximate surface area is 192 Å². The number of pyridine rings is 1. The van der Waals surface area contributed by atoms with Gasteiger partial charge < -0.3 is 25.5 Å². The Morgan fingerprint density at radius 2 is 1.79 bits per heavy atom. The van der Waals surface area contributed by atoms with Gasteiger partial charge in [-0.15, -0.1) is 0 Å². The molecular formula is C24H27N7O2. The van der Waals surface area contributed by atoms with Crippen LogP contribution in [0.3, 0.4) is 0 Å². The van der Waals surface area contributed by atoms with E-state index in [2.05, 4.69) is 54.9 Å². The Balaban J connectivity index is 1.40. The number of nitrogens with zero attached hydrogens (tertiary/aromatic N) is 6. The SMILES string of the molecule is CN1CCN(c2cc(-c3ccc4c(c3)CN(c3ccc(C(=O)O)nc3)CC4)nc(N)n2)CC1. The fraction of sp³-hybridized carbons (Fsp3) is 0.333. The lowest BCUT2D eigenvalue weighted by molar-refractivity contribution is 0.0690. The molecule has 9 nitrogen and oxygen atoms in total. The largest absolute Gasteiger partial charge is 0.477 e. The summed E-state index contributed by atoms with van der Waals surface area (Å²) < 4.78 is 0. The summed E-state index contributed by atoms with van der Waals surface area (Å²) in [4.78, 5) is 30.9. The van der Waals surface area contributed by atoms with Gasteiger partial charge >= 0.3 is 5.97 Å². The molecule has 1 aromatic carbocycles. The standard InChI is InChI=1S/C24H27N7O2/c1-29-8-10-30(11-9-29)22-13-21(27-24(25)28-22)17-3-2-16-6-7-31(15-18(16)12-17)19-4-5-20(23(32)33)26-14-19/h2-5,12-14H,6-11,15H2,1H3,(H,32,33)(H2,25,27,28). The van der Waals surface area contributed by atoms with Crippen molar-refractivity contribution >= 4 is 23.4 Å². The number of piperazine rings is 1. The van der Waals surface area contributed by atoms with Crippen molar-refractivity contribution in [1.29, 1.82) is 0 Å². The Hall–Kier alpha value is -3.72. The maximum atomic E-state index is 11.1. The van der Waals surface area contributed by atoms with Gasteiger partial charge in [-0.25, -0.2) is 14.8 Å². The van der Waals surface area contributed by atoms with Crippen molar-refractivity contribution in [2.75, 3.05) is 55.3 Å². The zero-order valence-electron chi connectivity index (χ0n) is 18.6. The fourth-order valence-corrected chi connectivity index (χ4v) is 4.43. The highest BCUT2D eigenvalue weighted by atomic mass is 16.4. The minimum Gasteiger partial charge on any atom is -0.477 e. The van der Waals surface area contributed by atoms with Crippen LogP contribution in [0.5, 0.6) is 0 Å². The van der Waals surface area contributed by atoms with E-state index in [1.54, 1.807) is 12.3 Å². The third kappa shape index (κ3) is 4.45.